The molecule has 8 nitrogen and oxygen atoms in total. The van der Waals surface area contributed by atoms with Gasteiger partial charge in [0.05, 0.1) is 12.2 Å². The molecule has 2 heterocycles. The Morgan fingerprint density at radius 3 is 2.59 bits per heavy atom. The van der Waals surface area contributed by atoms with E-state index < -0.39 is 39.6 Å². The number of halogens is 5. The topological polar surface area (TPSA) is 115 Å². The monoisotopic (exact) mass is 611 g/mol. The maximum Gasteiger partial charge on any atom is 0.416 e. The number of amides is 1. The average molecular weight is 612 g/mol. The van der Waals surface area contributed by atoms with Crippen molar-refractivity contribution in [3.8, 4) is 16.9 Å². The minimum absolute atomic E-state index is 0.0114. The lowest BCUT2D eigenvalue weighted by Gasteiger charge is -2.32. The first-order valence-corrected chi connectivity index (χ1v) is 14.0. The van der Waals surface area contributed by atoms with E-state index in [0.717, 1.165) is 16.4 Å². The predicted molar refractivity (Wildman–Crippen MR) is 143 cm³/mol. The van der Waals surface area contributed by atoms with E-state index in [2.05, 4.69) is 4.98 Å². The summed E-state index contributed by atoms with van der Waals surface area (Å²) in [5.74, 6) is -1.88. The Labute approximate surface area is 236 Å². The molecule has 4 aromatic rings. The summed E-state index contributed by atoms with van der Waals surface area (Å²) in [7, 11) is -4.26. The maximum atomic E-state index is 14.7. The SMILES string of the molecule is NC(=O)c1[nH]c2ccc(Cl)cc2c1S(=O)(=O)N1CCOC(COc2ccccc2-c2ccc(C(F)(F)F)cc2F)C1. The van der Waals surface area contributed by atoms with Crippen molar-refractivity contribution in [2.45, 2.75) is 17.2 Å². The van der Waals surface area contributed by atoms with E-state index in [-0.39, 0.29) is 64.2 Å². The number of aromatic nitrogens is 1. The number of carbonyl (C=O) groups is 1. The number of sulfonamides is 1. The molecule has 14 heteroatoms. The first-order chi connectivity index (χ1) is 19.4. The number of carbonyl (C=O) groups excluding carboxylic acids is 1. The smallest absolute Gasteiger partial charge is 0.416 e. The zero-order valence-electron chi connectivity index (χ0n) is 21.0. The largest absolute Gasteiger partial charge is 0.490 e. The highest BCUT2D eigenvalue weighted by Crippen LogP contribution is 2.37. The van der Waals surface area contributed by atoms with Crippen LogP contribution in [0.1, 0.15) is 16.1 Å². The molecule has 41 heavy (non-hydrogen) atoms. The number of fused-ring (bicyclic) bond motifs is 1. The third kappa shape index (κ3) is 5.75. The van der Waals surface area contributed by atoms with Gasteiger partial charge in [-0.1, -0.05) is 35.9 Å². The Balaban J connectivity index is 1.37. The molecule has 1 aromatic heterocycles. The van der Waals surface area contributed by atoms with Crippen molar-refractivity contribution in [1.29, 1.82) is 0 Å². The van der Waals surface area contributed by atoms with Gasteiger partial charge in [0.1, 0.15) is 34.9 Å². The molecule has 1 aliphatic heterocycles. The minimum Gasteiger partial charge on any atom is -0.490 e. The van der Waals surface area contributed by atoms with Crippen LogP contribution in [0, 0.1) is 5.82 Å². The quantitative estimate of drug-likeness (QED) is 0.278. The molecule has 0 bridgehead atoms. The van der Waals surface area contributed by atoms with Gasteiger partial charge >= 0.3 is 6.18 Å². The molecule has 1 saturated heterocycles. The molecule has 0 radical (unpaired) electrons. The molecule has 3 N–H and O–H groups in total. The molecule has 0 spiro atoms. The van der Waals surface area contributed by atoms with E-state index in [1.807, 2.05) is 0 Å². The van der Waals surface area contributed by atoms with Crippen LogP contribution in [0.5, 0.6) is 5.75 Å². The van der Waals surface area contributed by atoms with Crippen molar-refractivity contribution in [2.24, 2.45) is 5.73 Å². The van der Waals surface area contributed by atoms with E-state index in [1.54, 1.807) is 12.1 Å². The molecular weight excluding hydrogens is 590 g/mol. The Bertz CT molecular complexity index is 1740. The zero-order valence-corrected chi connectivity index (χ0v) is 22.6. The number of nitrogens with two attached hydrogens (primary N) is 1. The summed E-state index contributed by atoms with van der Waals surface area (Å²) in [5, 5.41) is 0.471. The number of H-pyrrole nitrogens is 1. The number of morpholine rings is 1. The molecule has 3 aromatic carbocycles. The van der Waals surface area contributed by atoms with Crippen LogP contribution in [0.4, 0.5) is 17.6 Å². The molecular formula is C27H22ClF4N3O5S. The molecule has 1 atom stereocenters. The van der Waals surface area contributed by atoms with E-state index >= 15 is 0 Å². The van der Waals surface area contributed by atoms with Crippen LogP contribution in [-0.2, 0) is 20.9 Å². The highest BCUT2D eigenvalue weighted by atomic mass is 35.5. The van der Waals surface area contributed by atoms with Gasteiger partial charge in [-0.15, -0.1) is 0 Å². The normalized spacial score (nSPS) is 16.7. The van der Waals surface area contributed by atoms with Crippen molar-refractivity contribution >= 4 is 38.4 Å². The van der Waals surface area contributed by atoms with Crippen LogP contribution in [0.25, 0.3) is 22.0 Å². The van der Waals surface area contributed by atoms with Gasteiger partial charge in [0, 0.05) is 40.1 Å². The standard InChI is InChI=1S/C27H22ClF4N3O5S/c28-16-6-8-22-20(12-16)25(24(34-22)26(33)36)41(37,38)35-9-10-39-17(13-35)14-40-23-4-2-1-3-19(23)18-7-5-15(11-21(18)29)27(30,31)32/h1-8,11-12,17,34H,9-10,13-14H2,(H2,33,36). The number of nitrogens with one attached hydrogen (secondary N) is 1. The number of aromatic amines is 1. The summed E-state index contributed by atoms with van der Waals surface area (Å²) in [4.78, 5) is 14.6. The number of alkyl halides is 3. The summed E-state index contributed by atoms with van der Waals surface area (Å²) >= 11 is 6.08. The molecule has 1 unspecified atom stereocenters. The molecule has 1 fully saturated rings. The maximum absolute atomic E-state index is 14.7. The zero-order chi connectivity index (χ0) is 29.5. The van der Waals surface area contributed by atoms with Crippen LogP contribution >= 0.6 is 11.6 Å². The number of benzene rings is 3. The van der Waals surface area contributed by atoms with Crippen LogP contribution in [0.2, 0.25) is 5.02 Å². The van der Waals surface area contributed by atoms with Crippen molar-refractivity contribution < 1.29 is 40.2 Å². The molecule has 216 valence electrons. The molecule has 1 amide bonds. The first-order valence-electron chi connectivity index (χ1n) is 12.2. The van der Waals surface area contributed by atoms with Crippen molar-refractivity contribution in [3.63, 3.8) is 0 Å². The molecule has 0 aliphatic carbocycles. The van der Waals surface area contributed by atoms with Crippen LogP contribution < -0.4 is 10.5 Å². The van der Waals surface area contributed by atoms with E-state index in [0.29, 0.717) is 11.6 Å². The number of primary amides is 1. The van der Waals surface area contributed by atoms with E-state index in [9.17, 15) is 30.8 Å². The second kappa shape index (κ2) is 11.0. The fourth-order valence-corrected chi connectivity index (χ4v) is 6.59. The van der Waals surface area contributed by atoms with Gasteiger partial charge < -0.3 is 20.2 Å². The lowest BCUT2D eigenvalue weighted by molar-refractivity contribution is -0.137. The Hall–Kier alpha value is -3.65. The number of nitrogens with zero attached hydrogens (tertiary/aromatic N) is 1. The number of rotatable bonds is 7. The Morgan fingerprint density at radius 2 is 1.88 bits per heavy atom. The van der Waals surface area contributed by atoms with Gasteiger partial charge in [-0.3, -0.25) is 4.79 Å². The van der Waals surface area contributed by atoms with Gasteiger partial charge in [0.15, 0.2) is 0 Å². The molecule has 0 saturated carbocycles. The van der Waals surface area contributed by atoms with Crippen LogP contribution in [-0.4, -0.2) is 56.0 Å². The lowest BCUT2D eigenvalue weighted by Crippen LogP contribution is -2.47. The highest BCUT2D eigenvalue weighted by molar-refractivity contribution is 7.89. The summed E-state index contributed by atoms with van der Waals surface area (Å²) < 4.78 is 93.8. The summed E-state index contributed by atoms with van der Waals surface area (Å²) in [6, 6.07) is 12.9. The Morgan fingerprint density at radius 1 is 1.12 bits per heavy atom. The number of para-hydroxylation sites is 1. The van der Waals surface area contributed by atoms with Crippen molar-refractivity contribution in [1.82, 2.24) is 9.29 Å². The molecule has 1 aliphatic rings. The summed E-state index contributed by atoms with van der Waals surface area (Å²) in [6.07, 6.45) is -5.47. The highest BCUT2D eigenvalue weighted by Gasteiger charge is 2.36. The fraction of sp³-hybridized carbons (Fsp3) is 0.222. The van der Waals surface area contributed by atoms with Crippen LogP contribution in [0.3, 0.4) is 0 Å². The van der Waals surface area contributed by atoms with Crippen molar-refractivity contribution in [2.75, 3.05) is 26.3 Å². The predicted octanol–water partition coefficient (Wildman–Crippen LogP) is 5.21. The van der Waals surface area contributed by atoms with Gasteiger partial charge in [-0.25, -0.2) is 12.8 Å². The van der Waals surface area contributed by atoms with E-state index in [4.69, 9.17) is 26.8 Å². The summed E-state index contributed by atoms with van der Waals surface area (Å²) in [5.41, 5.74) is 4.54. The van der Waals surface area contributed by atoms with Gasteiger partial charge in [0.2, 0.25) is 10.0 Å². The number of ether oxygens (including phenoxy) is 2. The van der Waals surface area contributed by atoms with Gasteiger partial charge in [0.25, 0.3) is 5.91 Å². The lowest BCUT2D eigenvalue weighted by atomic mass is 10.0. The second-order valence-corrected chi connectivity index (χ2v) is 11.5. The minimum atomic E-state index is -4.70. The fourth-order valence-electron chi connectivity index (χ4n) is 4.63. The summed E-state index contributed by atoms with van der Waals surface area (Å²) in [6.45, 7) is -0.312. The second-order valence-electron chi connectivity index (χ2n) is 9.24. The molecule has 5 rings (SSSR count). The third-order valence-electron chi connectivity index (χ3n) is 6.56. The van der Waals surface area contributed by atoms with E-state index in [1.165, 1.54) is 30.3 Å². The van der Waals surface area contributed by atoms with Crippen LogP contribution in [0.15, 0.2) is 65.6 Å². The number of hydrogen-bond donors (Lipinski definition) is 2. The average Bonchev–Trinajstić information content (AvgIpc) is 3.32. The first kappa shape index (κ1) is 28.9. The third-order valence-corrected chi connectivity index (χ3v) is 8.74. The van der Waals surface area contributed by atoms with Gasteiger partial charge in [-0.2, -0.15) is 17.5 Å². The Kier molecular flexibility index (Phi) is 7.72. The number of hydrogen-bond acceptors (Lipinski definition) is 5. The van der Waals surface area contributed by atoms with Gasteiger partial charge in [-0.05, 0) is 36.4 Å². The van der Waals surface area contributed by atoms with Crippen molar-refractivity contribution in [3.05, 3.63) is 82.8 Å².